The van der Waals surface area contributed by atoms with Crippen LogP contribution in [0.25, 0.3) is 0 Å². The fourth-order valence-corrected chi connectivity index (χ4v) is 3.31. The van der Waals surface area contributed by atoms with Crippen LogP contribution in [0.5, 0.6) is 0 Å². The fraction of sp³-hybridized carbons (Fsp3) is 0.471. The van der Waals surface area contributed by atoms with Gasteiger partial charge in [0.05, 0.1) is 0 Å². The van der Waals surface area contributed by atoms with Gasteiger partial charge in [0.15, 0.2) is 0 Å². The van der Waals surface area contributed by atoms with Crippen LogP contribution in [0.1, 0.15) is 19.3 Å². The second kappa shape index (κ2) is 7.21. The molecular formula is C17H20ClN3O3. The smallest absolute Gasteiger partial charge is 0.229 e. The van der Waals surface area contributed by atoms with E-state index in [9.17, 15) is 14.4 Å². The van der Waals surface area contributed by atoms with E-state index in [1.54, 1.807) is 4.90 Å². The number of carbonyl (C=O) groups excluding carboxylic acids is 3. The number of piperazine rings is 1. The van der Waals surface area contributed by atoms with E-state index in [1.807, 2.05) is 24.3 Å². The maximum absolute atomic E-state index is 12.3. The van der Waals surface area contributed by atoms with E-state index < -0.39 is 0 Å². The van der Waals surface area contributed by atoms with Crippen molar-refractivity contribution >= 4 is 35.0 Å². The zero-order valence-corrected chi connectivity index (χ0v) is 14.2. The number of carbonyl (C=O) groups is 3. The molecule has 6 nitrogen and oxygen atoms in total. The first-order valence-electron chi connectivity index (χ1n) is 8.16. The molecule has 2 aliphatic heterocycles. The van der Waals surface area contributed by atoms with Crippen LogP contribution in [-0.4, -0.2) is 60.2 Å². The lowest BCUT2D eigenvalue weighted by Gasteiger charge is -2.36. The Hall–Kier alpha value is -2.08. The van der Waals surface area contributed by atoms with Gasteiger partial charge in [0.25, 0.3) is 0 Å². The molecule has 0 atom stereocenters. The monoisotopic (exact) mass is 349 g/mol. The molecule has 0 N–H and O–H groups in total. The quantitative estimate of drug-likeness (QED) is 0.773. The van der Waals surface area contributed by atoms with Crippen molar-refractivity contribution in [3.63, 3.8) is 0 Å². The lowest BCUT2D eigenvalue weighted by atomic mass is 10.2. The van der Waals surface area contributed by atoms with Crippen molar-refractivity contribution in [2.24, 2.45) is 0 Å². The zero-order chi connectivity index (χ0) is 17.1. The lowest BCUT2D eigenvalue weighted by Crippen LogP contribution is -2.49. The summed E-state index contributed by atoms with van der Waals surface area (Å²) in [6.07, 6.45) is 0.741. The zero-order valence-electron chi connectivity index (χ0n) is 13.4. The minimum Gasteiger partial charge on any atom is -0.368 e. The molecule has 1 aromatic rings. The minimum atomic E-state index is -0.168. The number of benzene rings is 1. The Morgan fingerprint density at radius 1 is 1.04 bits per heavy atom. The molecule has 0 spiro atoms. The topological polar surface area (TPSA) is 60.9 Å². The Morgan fingerprint density at radius 2 is 1.71 bits per heavy atom. The van der Waals surface area contributed by atoms with Crippen molar-refractivity contribution in [1.82, 2.24) is 9.80 Å². The summed E-state index contributed by atoms with van der Waals surface area (Å²) in [5.41, 5.74) is 1.06. The molecule has 7 heteroatoms. The average Bonchev–Trinajstić information content (AvgIpc) is 2.91. The van der Waals surface area contributed by atoms with Gasteiger partial charge in [-0.3, -0.25) is 19.3 Å². The van der Waals surface area contributed by atoms with Crippen molar-refractivity contribution in [3.05, 3.63) is 29.3 Å². The van der Waals surface area contributed by atoms with Crippen LogP contribution in [0.3, 0.4) is 0 Å². The number of anilines is 1. The number of amides is 3. The largest absolute Gasteiger partial charge is 0.368 e. The van der Waals surface area contributed by atoms with E-state index in [1.165, 1.54) is 4.90 Å². The van der Waals surface area contributed by atoms with Crippen molar-refractivity contribution in [1.29, 1.82) is 0 Å². The molecule has 1 aromatic carbocycles. The van der Waals surface area contributed by atoms with Crippen molar-refractivity contribution in [2.75, 3.05) is 37.6 Å². The highest BCUT2D eigenvalue weighted by atomic mass is 35.5. The third kappa shape index (κ3) is 3.70. The predicted molar refractivity (Wildman–Crippen MR) is 90.8 cm³/mol. The lowest BCUT2D eigenvalue weighted by molar-refractivity contribution is -0.139. The van der Waals surface area contributed by atoms with Gasteiger partial charge in [0, 0.05) is 62.7 Å². The number of hydrogen-bond acceptors (Lipinski definition) is 4. The molecule has 2 aliphatic rings. The van der Waals surface area contributed by atoms with E-state index in [0.717, 1.165) is 18.8 Å². The number of rotatable bonds is 4. The van der Waals surface area contributed by atoms with Crippen LogP contribution in [-0.2, 0) is 14.4 Å². The van der Waals surface area contributed by atoms with Gasteiger partial charge in [-0.1, -0.05) is 17.7 Å². The molecule has 2 fully saturated rings. The average molecular weight is 350 g/mol. The summed E-state index contributed by atoms with van der Waals surface area (Å²) in [6, 6.07) is 7.68. The maximum atomic E-state index is 12.3. The molecule has 3 rings (SSSR count). The summed E-state index contributed by atoms with van der Waals surface area (Å²) < 4.78 is 0. The second-order valence-electron chi connectivity index (χ2n) is 6.04. The normalized spacial score (nSPS) is 18.5. The third-order valence-electron chi connectivity index (χ3n) is 4.51. The molecular weight excluding hydrogens is 330 g/mol. The molecule has 2 saturated heterocycles. The Balaban J connectivity index is 1.48. The highest BCUT2D eigenvalue weighted by Gasteiger charge is 2.30. The maximum Gasteiger partial charge on any atom is 0.229 e. The Morgan fingerprint density at radius 3 is 2.33 bits per heavy atom. The van der Waals surface area contributed by atoms with Gasteiger partial charge in [-0.2, -0.15) is 0 Å². The van der Waals surface area contributed by atoms with Crippen LogP contribution >= 0.6 is 11.6 Å². The molecule has 0 saturated carbocycles. The number of likely N-dealkylation sites (tertiary alicyclic amines) is 1. The summed E-state index contributed by atoms with van der Waals surface area (Å²) in [5, 5.41) is 0.700. The van der Waals surface area contributed by atoms with E-state index >= 15 is 0 Å². The van der Waals surface area contributed by atoms with Gasteiger partial charge in [-0.15, -0.1) is 0 Å². The van der Waals surface area contributed by atoms with Crippen molar-refractivity contribution in [3.8, 4) is 0 Å². The SMILES string of the molecule is O=C(CCN1C(=O)CCC1=O)N1CCN(c2cccc(Cl)c2)CC1. The Kier molecular flexibility index (Phi) is 5.04. The minimum absolute atomic E-state index is 0.00626. The van der Waals surface area contributed by atoms with E-state index in [4.69, 9.17) is 11.6 Å². The molecule has 128 valence electrons. The van der Waals surface area contributed by atoms with E-state index in [-0.39, 0.29) is 43.5 Å². The summed E-state index contributed by atoms with van der Waals surface area (Å²) in [6.45, 7) is 2.95. The highest BCUT2D eigenvalue weighted by molar-refractivity contribution is 6.30. The van der Waals surface area contributed by atoms with Gasteiger partial charge in [-0.25, -0.2) is 0 Å². The van der Waals surface area contributed by atoms with Crippen LogP contribution < -0.4 is 4.90 Å². The van der Waals surface area contributed by atoms with Crippen LogP contribution in [0, 0.1) is 0 Å². The van der Waals surface area contributed by atoms with Gasteiger partial charge in [-0.05, 0) is 18.2 Å². The molecule has 2 heterocycles. The van der Waals surface area contributed by atoms with Crippen LogP contribution in [0.15, 0.2) is 24.3 Å². The first-order valence-corrected chi connectivity index (χ1v) is 8.54. The first-order chi connectivity index (χ1) is 11.5. The van der Waals surface area contributed by atoms with E-state index in [0.29, 0.717) is 18.1 Å². The van der Waals surface area contributed by atoms with Gasteiger partial charge in [0.1, 0.15) is 0 Å². The number of hydrogen-bond donors (Lipinski definition) is 0. The van der Waals surface area contributed by atoms with Crippen LogP contribution in [0.4, 0.5) is 5.69 Å². The number of nitrogens with zero attached hydrogens (tertiary/aromatic N) is 3. The van der Waals surface area contributed by atoms with E-state index in [2.05, 4.69) is 4.90 Å². The molecule has 24 heavy (non-hydrogen) atoms. The second-order valence-corrected chi connectivity index (χ2v) is 6.47. The third-order valence-corrected chi connectivity index (χ3v) is 4.74. The Bertz CT molecular complexity index is 640. The standard InChI is InChI=1S/C17H20ClN3O3/c18-13-2-1-3-14(12-13)19-8-10-20(11-9-19)15(22)6-7-21-16(23)4-5-17(21)24/h1-3,12H,4-11H2. The van der Waals surface area contributed by atoms with Gasteiger partial charge >= 0.3 is 0 Å². The number of imide groups is 1. The molecule has 3 amide bonds. The summed E-state index contributed by atoms with van der Waals surface area (Å²) >= 11 is 6.02. The van der Waals surface area contributed by atoms with Crippen LogP contribution in [0.2, 0.25) is 5.02 Å². The summed E-state index contributed by atoms with van der Waals surface area (Å²) in [7, 11) is 0. The molecule has 0 aromatic heterocycles. The molecule has 0 unspecified atom stereocenters. The fourth-order valence-electron chi connectivity index (χ4n) is 3.12. The molecule has 0 radical (unpaired) electrons. The first kappa shape index (κ1) is 16.8. The summed E-state index contributed by atoms with van der Waals surface area (Å²) in [4.78, 5) is 40.6. The summed E-state index contributed by atoms with van der Waals surface area (Å²) in [5.74, 6) is -0.342. The van der Waals surface area contributed by atoms with Gasteiger partial charge < -0.3 is 9.80 Å². The van der Waals surface area contributed by atoms with Gasteiger partial charge in [0.2, 0.25) is 17.7 Å². The Labute approximate surface area is 146 Å². The van der Waals surface area contributed by atoms with Crippen molar-refractivity contribution < 1.29 is 14.4 Å². The van der Waals surface area contributed by atoms with Crippen molar-refractivity contribution in [2.45, 2.75) is 19.3 Å². The molecule has 0 bridgehead atoms. The highest BCUT2D eigenvalue weighted by Crippen LogP contribution is 2.21. The predicted octanol–water partition coefficient (Wildman–Crippen LogP) is 1.53. The molecule has 0 aliphatic carbocycles. The number of halogens is 1.